The van der Waals surface area contributed by atoms with Crippen molar-refractivity contribution in [1.29, 1.82) is 0 Å². The Bertz CT molecular complexity index is 857. The molecule has 2 aromatic rings. The first-order valence-electron chi connectivity index (χ1n) is 8.40. The lowest BCUT2D eigenvalue weighted by Crippen LogP contribution is -2.28. The zero-order valence-corrected chi connectivity index (χ0v) is 15.1. The van der Waals surface area contributed by atoms with Gasteiger partial charge in [-0.3, -0.25) is 4.79 Å². The van der Waals surface area contributed by atoms with Gasteiger partial charge in [-0.15, -0.1) is 0 Å². The molecule has 0 saturated carbocycles. The van der Waals surface area contributed by atoms with Crippen LogP contribution in [0.1, 0.15) is 24.5 Å². The number of carbonyl (C=O) groups excluding carboxylic acids is 2. The van der Waals surface area contributed by atoms with E-state index in [1.54, 1.807) is 4.90 Å². The van der Waals surface area contributed by atoms with Gasteiger partial charge in [0.2, 0.25) is 5.91 Å². The van der Waals surface area contributed by atoms with Crippen molar-refractivity contribution in [3.05, 3.63) is 58.4 Å². The van der Waals surface area contributed by atoms with Crippen molar-refractivity contribution < 1.29 is 14.0 Å². The second kappa shape index (κ2) is 7.74. The number of nitrogens with zero attached hydrogens (tertiary/aromatic N) is 1. The zero-order chi connectivity index (χ0) is 18.7. The molecule has 0 aliphatic carbocycles. The number of amides is 3. The number of benzene rings is 2. The molecular formula is C19H19ClFN3O2. The van der Waals surface area contributed by atoms with Crippen LogP contribution in [0.4, 0.5) is 20.6 Å². The molecule has 3 rings (SSSR count). The van der Waals surface area contributed by atoms with Crippen LogP contribution in [0.5, 0.6) is 0 Å². The minimum Gasteiger partial charge on any atom is -0.334 e. The highest BCUT2D eigenvalue weighted by Crippen LogP contribution is 2.29. The van der Waals surface area contributed by atoms with Gasteiger partial charge in [0.1, 0.15) is 5.82 Å². The van der Waals surface area contributed by atoms with Gasteiger partial charge in [-0.25, -0.2) is 9.18 Å². The molecule has 2 aromatic carbocycles. The molecule has 2 N–H and O–H groups in total. The van der Waals surface area contributed by atoms with E-state index in [-0.39, 0.29) is 10.9 Å². The van der Waals surface area contributed by atoms with Crippen molar-refractivity contribution >= 4 is 34.9 Å². The van der Waals surface area contributed by atoms with Crippen LogP contribution in [0.15, 0.2) is 36.4 Å². The Balaban J connectivity index is 1.59. The van der Waals surface area contributed by atoms with Crippen LogP contribution >= 0.6 is 11.6 Å². The Labute approximate surface area is 156 Å². The van der Waals surface area contributed by atoms with Gasteiger partial charge in [0.05, 0.1) is 5.02 Å². The molecule has 0 unspecified atom stereocenters. The van der Waals surface area contributed by atoms with Crippen LogP contribution in [0.3, 0.4) is 0 Å². The lowest BCUT2D eigenvalue weighted by Gasteiger charge is -2.16. The molecule has 0 atom stereocenters. The van der Waals surface area contributed by atoms with Crippen molar-refractivity contribution in [2.24, 2.45) is 0 Å². The lowest BCUT2D eigenvalue weighted by atomic mass is 10.1. The number of anilines is 2. The van der Waals surface area contributed by atoms with E-state index in [1.165, 1.54) is 18.2 Å². The second-order valence-electron chi connectivity index (χ2n) is 6.05. The maximum Gasteiger partial charge on any atom is 0.319 e. The van der Waals surface area contributed by atoms with Crippen LogP contribution in [0.2, 0.25) is 5.02 Å². The van der Waals surface area contributed by atoms with Gasteiger partial charge < -0.3 is 15.5 Å². The van der Waals surface area contributed by atoms with Gasteiger partial charge in [0.15, 0.2) is 0 Å². The maximum atomic E-state index is 13.1. The fourth-order valence-corrected chi connectivity index (χ4v) is 3.13. The number of rotatable bonds is 4. The SMILES string of the molecule is CCC(=O)N1CCc2cc(CNC(=O)Nc3ccc(F)c(Cl)c3)ccc21. The summed E-state index contributed by atoms with van der Waals surface area (Å²) in [5.41, 5.74) is 3.42. The van der Waals surface area contributed by atoms with Crippen molar-refractivity contribution in [2.75, 3.05) is 16.8 Å². The Hall–Kier alpha value is -2.60. The van der Waals surface area contributed by atoms with Crippen LogP contribution in [-0.4, -0.2) is 18.5 Å². The number of urea groups is 1. The van der Waals surface area contributed by atoms with E-state index in [0.29, 0.717) is 25.2 Å². The third-order valence-electron chi connectivity index (χ3n) is 4.27. The highest BCUT2D eigenvalue weighted by Gasteiger charge is 2.23. The molecule has 0 aromatic heterocycles. The largest absolute Gasteiger partial charge is 0.334 e. The average Bonchev–Trinajstić information content (AvgIpc) is 3.05. The molecule has 1 aliphatic heterocycles. The van der Waals surface area contributed by atoms with Gasteiger partial charge in [-0.05, 0) is 41.8 Å². The fraction of sp³-hybridized carbons (Fsp3) is 0.263. The molecule has 1 heterocycles. The Morgan fingerprint density at radius 1 is 1.23 bits per heavy atom. The molecule has 0 radical (unpaired) electrons. The Morgan fingerprint density at radius 3 is 2.77 bits per heavy atom. The minimum absolute atomic E-state index is 0.0485. The predicted molar refractivity (Wildman–Crippen MR) is 100 cm³/mol. The fourth-order valence-electron chi connectivity index (χ4n) is 2.95. The number of carbonyl (C=O) groups is 2. The summed E-state index contributed by atoms with van der Waals surface area (Å²) in [5.74, 6) is -0.418. The summed E-state index contributed by atoms with van der Waals surface area (Å²) in [5, 5.41) is 5.31. The van der Waals surface area contributed by atoms with Crippen LogP contribution in [0, 0.1) is 5.82 Å². The summed E-state index contributed by atoms with van der Waals surface area (Å²) in [7, 11) is 0. The molecule has 0 fully saturated rings. The molecule has 0 spiro atoms. The summed E-state index contributed by atoms with van der Waals surface area (Å²) in [6.45, 7) is 2.89. The number of halogens is 2. The van der Waals surface area contributed by atoms with Crippen molar-refractivity contribution in [2.45, 2.75) is 26.3 Å². The lowest BCUT2D eigenvalue weighted by molar-refractivity contribution is -0.118. The van der Waals surface area contributed by atoms with Gasteiger partial charge in [0.25, 0.3) is 0 Å². The summed E-state index contributed by atoms with van der Waals surface area (Å²) in [6, 6.07) is 9.41. The van der Waals surface area contributed by atoms with E-state index < -0.39 is 11.8 Å². The molecule has 136 valence electrons. The maximum absolute atomic E-state index is 13.1. The van der Waals surface area contributed by atoms with Gasteiger partial charge in [0, 0.05) is 30.9 Å². The standard InChI is InChI=1S/C19H19ClFN3O2/c1-2-18(25)24-8-7-13-9-12(3-6-17(13)24)11-22-19(26)23-14-4-5-16(21)15(20)10-14/h3-6,9-10H,2,7-8,11H2,1H3,(H2,22,23,26). The van der Waals surface area contributed by atoms with E-state index >= 15 is 0 Å². The molecule has 7 heteroatoms. The van der Waals surface area contributed by atoms with E-state index in [9.17, 15) is 14.0 Å². The van der Waals surface area contributed by atoms with Crippen molar-refractivity contribution in [1.82, 2.24) is 5.32 Å². The predicted octanol–water partition coefficient (Wildman–Crippen LogP) is 4.10. The highest BCUT2D eigenvalue weighted by atomic mass is 35.5. The first-order chi connectivity index (χ1) is 12.5. The van der Waals surface area contributed by atoms with Gasteiger partial charge in [-0.1, -0.05) is 30.7 Å². The molecule has 5 nitrogen and oxygen atoms in total. The van der Waals surface area contributed by atoms with Crippen LogP contribution in [0.25, 0.3) is 0 Å². The molecule has 0 bridgehead atoms. The molecule has 3 amide bonds. The first-order valence-corrected chi connectivity index (χ1v) is 8.78. The summed E-state index contributed by atoms with van der Waals surface area (Å²) < 4.78 is 13.1. The minimum atomic E-state index is -0.536. The topological polar surface area (TPSA) is 61.4 Å². The quantitative estimate of drug-likeness (QED) is 0.845. The normalized spacial score (nSPS) is 12.7. The van der Waals surface area contributed by atoms with Crippen molar-refractivity contribution in [3.8, 4) is 0 Å². The second-order valence-corrected chi connectivity index (χ2v) is 6.46. The van der Waals surface area contributed by atoms with E-state index in [2.05, 4.69) is 10.6 Å². The molecule has 26 heavy (non-hydrogen) atoms. The summed E-state index contributed by atoms with van der Waals surface area (Å²) in [6.07, 6.45) is 1.30. The van der Waals surface area contributed by atoms with Gasteiger partial charge in [-0.2, -0.15) is 0 Å². The molecule has 0 saturated heterocycles. The van der Waals surface area contributed by atoms with Crippen molar-refractivity contribution in [3.63, 3.8) is 0 Å². The van der Waals surface area contributed by atoms with Crippen LogP contribution < -0.4 is 15.5 Å². The smallest absolute Gasteiger partial charge is 0.319 e. The third kappa shape index (κ3) is 3.96. The van der Waals surface area contributed by atoms with E-state index in [1.807, 2.05) is 25.1 Å². The number of hydrogen-bond donors (Lipinski definition) is 2. The third-order valence-corrected chi connectivity index (χ3v) is 4.56. The number of fused-ring (bicyclic) bond motifs is 1. The highest BCUT2D eigenvalue weighted by molar-refractivity contribution is 6.31. The Kier molecular flexibility index (Phi) is 5.42. The number of hydrogen-bond acceptors (Lipinski definition) is 2. The molecule has 1 aliphatic rings. The molecular weight excluding hydrogens is 357 g/mol. The average molecular weight is 376 g/mol. The Morgan fingerprint density at radius 2 is 2.04 bits per heavy atom. The monoisotopic (exact) mass is 375 g/mol. The van der Waals surface area contributed by atoms with Gasteiger partial charge >= 0.3 is 6.03 Å². The zero-order valence-electron chi connectivity index (χ0n) is 14.3. The van der Waals surface area contributed by atoms with E-state index in [0.717, 1.165) is 23.2 Å². The number of nitrogens with one attached hydrogen (secondary N) is 2. The summed E-state index contributed by atoms with van der Waals surface area (Å²) in [4.78, 5) is 25.7. The summed E-state index contributed by atoms with van der Waals surface area (Å²) >= 11 is 5.69. The van der Waals surface area contributed by atoms with E-state index in [4.69, 9.17) is 11.6 Å². The first kappa shape index (κ1) is 18.2. The van der Waals surface area contributed by atoms with Crippen LogP contribution in [-0.2, 0) is 17.8 Å².